The second-order valence-electron chi connectivity index (χ2n) is 8.21. The molecule has 2 aromatic carbocycles. The van der Waals surface area contributed by atoms with E-state index in [9.17, 15) is 9.59 Å². The molecule has 0 fully saturated rings. The van der Waals surface area contributed by atoms with Gasteiger partial charge >= 0.3 is 0 Å². The summed E-state index contributed by atoms with van der Waals surface area (Å²) in [5.41, 5.74) is 5.60. The Kier molecular flexibility index (Phi) is 5.65. The van der Waals surface area contributed by atoms with Gasteiger partial charge in [0, 0.05) is 6.54 Å². The lowest BCUT2D eigenvalue weighted by Crippen LogP contribution is -2.37. The molecule has 0 spiro atoms. The van der Waals surface area contributed by atoms with E-state index in [1.54, 1.807) is 11.6 Å². The number of nitrogens with zero attached hydrogens (tertiary/aromatic N) is 4. The van der Waals surface area contributed by atoms with E-state index in [2.05, 4.69) is 15.5 Å². The Bertz CT molecular complexity index is 1370. The van der Waals surface area contributed by atoms with Crippen LogP contribution in [0.4, 0.5) is 0 Å². The zero-order valence-electron chi connectivity index (χ0n) is 19.0. The Labute approximate surface area is 186 Å². The van der Waals surface area contributed by atoms with E-state index in [4.69, 9.17) is 0 Å². The summed E-state index contributed by atoms with van der Waals surface area (Å²) in [5, 5.41) is 12.7. The first-order chi connectivity index (χ1) is 15.3. The Balaban J connectivity index is 1.68. The molecule has 0 aliphatic carbocycles. The van der Waals surface area contributed by atoms with Crippen LogP contribution in [0.5, 0.6) is 0 Å². The third-order valence-electron chi connectivity index (χ3n) is 5.89. The van der Waals surface area contributed by atoms with Crippen molar-refractivity contribution in [2.24, 2.45) is 0 Å². The van der Waals surface area contributed by atoms with Gasteiger partial charge < -0.3 is 5.32 Å². The average molecular weight is 430 g/mol. The smallest absolute Gasteiger partial charge is 0.295 e. The van der Waals surface area contributed by atoms with Gasteiger partial charge in [-0.25, -0.2) is 9.36 Å². The number of carbonyl (C=O) groups excluding carboxylic acids is 1. The normalized spacial score (nSPS) is 12.2. The van der Waals surface area contributed by atoms with Crippen LogP contribution in [0.15, 0.2) is 53.3 Å². The van der Waals surface area contributed by atoms with Crippen LogP contribution >= 0.6 is 0 Å². The van der Waals surface area contributed by atoms with Crippen LogP contribution in [0.3, 0.4) is 0 Å². The van der Waals surface area contributed by atoms with E-state index in [1.165, 1.54) is 4.68 Å². The van der Waals surface area contributed by atoms with Gasteiger partial charge in [0.2, 0.25) is 5.91 Å². The van der Waals surface area contributed by atoms with Crippen molar-refractivity contribution in [3.05, 3.63) is 87.0 Å². The van der Waals surface area contributed by atoms with Crippen molar-refractivity contribution in [3.8, 4) is 5.69 Å². The molecule has 1 atom stereocenters. The first-order valence-corrected chi connectivity index (χ1v) is 10.7. The number of hydrogen-bond acceptors (Lipinski definition) is 4. The van der Waals surface area contributed by atoms with Crippen LogP contribution in [-0.2, 0) is 11.3 Å². The molecule has 4 aromatic rings. The molecule has 0 bridgehead atoms. The highest BCUT2D eigenvalue weighted by atomic mass is 16.2. The maximum absolute atomic E-state index is 13.3. The lowest BCUT2D eigenvalue weighted by Gasteiger charge is -2.15. The summed E-state index contributed by atoms with van der Waals surface area (Å²) in [6.45, 7) is 9.86. The first kappa shape index (κ1) is 21.5. The number of fused-ring (bicyclic) bond motifs is 1. The molecular formula is C25H27N5O2. The van der Waals surface area contributed by atoms with Crippen LogP contribution in [0, 0.1) is 27.7 Å². The molecule has 2 heterocycles. The second kappa shape index (κ2) is 8.42. The van der Waals surface area contributed by atoms with Gasteiger partial charge in [-0.3, -0.25) is 9.59 Å². The summed E-state index contributed by atoms with van der Waals surface area (Å²) < 4.78 is 2.99. The van der Waals surface area contributed by atoms with Crippen LogP contribution < -0.4 is 10.9 Å². The van der Waals surface area contributed by atoms with Gasteiger partial charge in [-0.2, -0.15) is 10.2 Å². The molecule has 0 saturated heterocycles. The molecular weight excluding hydrogens is 402 g/mol. The predicted octanol–water partition coefficient (Wildman–Crippen LogP) is 3.69. The summed E-state index contributed by atoms with van der Waals surface area (Å²) >= 11 is 0. The third-order valence-corrected chi connectivity index (χ3v) is 5.89. The molecule has 4 rings (SSSR count). The van der Waals surface area contributed by atoms with Gasteiger partial charge in [0.25, 0.3) is 5.56 Å². The summed E-state index contributed by atoms with van der Waals surface area (Å²) in [7, 11) is 0. The molecule has 0 unspecified atom stereocenters. The number of carbonyl (C=O) groups is 1. The minimum atomic E-state index is -0.764. The molecule has 7 heteroatoms. The summed E-state index contributed by atoms with van der Waals surface area (Å²) in [5.74, 6) is -0.267. The molecule has 2 aromatic heterocycles. The number of nitrogens with one attached hydrogen (secondary N) is 1. The quantitative estimate of drug-likeness (QED) is 0.525. The number of hydrogen-bond donors (Lipinski definition) is 1. The Hall–Kier alpha value is -3.74. The first-order valence-electron chi connectivity index (χ1n) is 10.7. The number of amides is 1. The van der Waals surface area contributed by atoms with Crippen LogP contribution in [0.1, 0.15) is 41.0 Å². The second-order valence-corrected chi connectivity index (χ2v) is 8.21. The fraction of sp³-hybridized carbons (Fsp3) is 0.280. The van der Waals surface area contributed by atoms with Gasteiger partial charge in [0.1, 0.15) is 6.04 Å². The minimum Gasteiger partial charge on any atom is -0.350 e. The number of aromatic nitrogens is 4. The Morgan fingerprint density at radius 3 is 2.38 bits per heavy atom. The van der Waals surface area contributed by atoms with Gasteiger partial charge in [-0.05, 0) is 57.9 Å². The maximum atomic E-state index is 13.3. The Morgan fingerprint density at radius 2 is 1.69 bits per heavy atom. The summed E-state index contributed by atoms with van der Waals surface area (Å²) in [6, 6.07) is 15.1. The number of benzene rings is 2. The zero-order chi connectivity index (χ0) is 23.0. The largest absolute Gasteiger partial charge is 0.350 e. The minimum absolute atomic E-state index is 0.267. The van der Waals surface area contributed by atoms with E-state index in [1.807, 2.05) is 76.2 Å². The molecule has 0 radical (unpaired) electrons. The third kappa shape index (κ3) is 3.82. The van der Waals surface area contributed by atoms with Gasteiger partial charge in [-0.1, -0.05) is 42.0 Å². The number of rotatable bonds is 5. The monoisotopic (exact) mass is 429 g/mol. The topological polar surface area (TPSA) is 81.8 Å². The SMILES string of the molecule is Cc1ccc(-n2nc3c(=O)n([C@H](C)C(=O)NCc4ccccc4C)nc(C)c3c2C)cc1. The average Bonchev–Trinajstić information content (AvgIpc) is 3.13. The molecule has 164 valence electrons. The van der Waals surface area contributed by atoms with Crippen molar-refractivity contribution in [1.29, 1.82) is 0 Å². The van der Waals surface area contributed by atoms with E-state index in [0.717, 1.165) is 33.5 Å². The van der Waals surface area contributed by atoms with Crippen LogP contribution in [-0.4, -0.2) is 25.5 Å². The van der Waals surface area contributed by atoms with Gasteiger partial charge in [0.15, 0.2) is 5.52 Å². The fourth-order valence-electron chi connectivity index (χ4n) is 3.90. The molecule has 0 saturated carbocycles. The van der Waals surface area contributed by atoms with Crippen molar-refractivity contribution in [2.45, 2.75) is 47.2 Å². The highest BCUT2D eigenvalue weighted by molar-refractivity contribution is 5.84. The molecule has 7 nitrogen and oxygen atoms in total. The van der Waals surface area contributed by atoms with E-state index in [-0.39, 0.29) is 11.5 Å². The summed E-state index contributed by atoms with van der Waals surface area (Å²) in [4.78, 5) is 26.1. The predicted molar refractivity (Wildman–Crippen MR) is 125 cm³/mol. The standard InChI is InChI=1S/C25H27N5O2/c1-15-10-12-21(13-11-15)29-18(4)22-17(3)27-30(25(32)23(22)28-29)19(5)24(31)26-14-20-9-7-6-8-16(20)2/h6-13,19H,14H2,1-5H3,(H,26,31)/t19-/m1/s1. The van der Waals surface area contributed by atoms with Crippen LogP contribution in [0.2, 0.25) is 0 Å². The highest BCUT2D eigenvalue weighted by Gasteiger charge is 2.23. The molecule has 1 amide bonds. The Morgan fingerprint density at radius 1 is 1.00 bits per heavy atom. The lowest BCUT2D eigenvalue weighted by molar-refractivity contribution is -0.124. The maximum Gasteiger partial charge on any atom is 0.295 e. The van der Waals surface area contributed by atoms with Gasteiger partial charge in [-0.15, -0.1) is 0 Å². The molecule has 0 aliphatic rings. The lowest BCUT2D eigenvalue weighted by atomic mass is 10.1. The molecule has 1 N–H and O–H groups in total. The fourth-order valence-corrected chi connectivity index (χ4v) is 3.90. The van der Waals surface area contributed by atoms with Crippen molar-refractivity contribution >= 4 is 16.8 Å². The van der Waals surface area contributed by atoms with Gasteiger partial charge in [0.05, 0.1) is 22.5 Å². The van der Waals surface area contributed by atoms with Crippen molar-refractivity contribution in [2.75, 3.05) is 0 Å². The molecule has 0 aliphatic heterocycles. The zero-order valence-corrected chi connectivity index (χ0v) is 19.0. The summed E-state index contributed by atoms with van der Waals surface area (Å²) in [6.07, 6.45) is 0. The van der Waals surface area contributed by atoms with E-state index < -0.39 is 6.04 Å². The highest BCUT2D eigenvalue weighted by Crippen LogP contribution is 2.22. The number of aryl methyl sites for hydroxylation is 4. The van der Waals surface area contributed by atoms with E-state index in [0.29, 0.717) is 17.8 Å². The van der Waals surface area contributed by atoms with Crippen molar-refractivity contribution in [1.82, 2.24) is 24.9 Å². The van der Waals surface area contributed by atoms with E-state index >= 15 is 0 Å². The van der Waals surface area contributed by atoms with Crippen LogP contribution in [0.25, 0.3) is 16.6 Å². The molecule has 32 heavy (non-hydrogen) atoms. The van der Waals surface area contributed by atoms with Crippen molar-refractivity contribution < 1.29 is 4.79 Å². The van der Waals surface area contributed by atoms with Crippen molar-refractivity contribution in [3.63, 3.8) is 0 Å².